The van der Waals surface area contributed by atoms with Gasteiger partial charge in [0.25, 0.3) is 5.91 Å². The van der Waals surface area contributed by atoms with Gasteiger partial charge < -0.3 is 5.32 Å². The molecule has 1 fully saturated rings. The summed E-state index contributed by atoms with van der Waals surface area (Å²) in [5, 5.41) is 2.64. The summed E-state index contributed by atoms with van der Waals surface area (Å²) >= 11 is 3.36. The van der Waals surface area contributed by atoms with Gasteiger partial charge in [0.1, 0.15) is 5.70 Å². The van der Waals surface area contributed by atoms with Gasteiger partial charge in [-0.25, -0.2) is 4.79 Å². The van der Waals surface area contributed by atoms with Gasteiger partial charge in [0.2, 0.25) is 0 Å². The van der Waals surface area contributed by atoms with Crippen LogP contribution < -0.4 is 5.32 Å². The maximum atomic E-state index is 12.4. The molecule has 0 spiro atoms. The maximum absolute atomic E-state index is 12.4. The second-order valence-corrected chi connectivity index (χ2v) is 6.33. The number of urea groups is 1. The number of carbonyl (C=O) groups excluding carboxylic acids is 2. The summed E-state index contributed by atoms with van der Waals surface area (Å²) in [4.78, 5) is 25.7. The Morgan fingerprint density at radius 2 is 1.70 bits per heavy atom. The normalized spacial score (nSPS) is 16.1. The lowest BCUT2D eigenvalue weighted by molar-refractivity contribution is -0.123. The molecule has 0 aliphatic carbocycles. The number of nitrogens with one attached hydrogen (secondary N) is 1. The van der Waals surface area contributed by atoms with Crippen molar-refractivity contribution in [2.75, 3.05) is 0 Å². The second-order valence-electron chi connectivity index (χ2n) is 5.42. The van der Waals surface area contributed by atoms with E-state index in [1.165, 1.54) is 4.90 Å². The fraction of sp³-hybridized carbons (Fsp3) is 0.111. The number of carbonyl (C=O) groups is 2. The van der Waals surface area contributed by atoms with Crippen molar-refractivity contribution in [1.82, 2.24) is 10.2 Å². The van der Waals surface area contributed by atoms with Crippen molar-refractivity contribution >= 4 is 33.9 Å². The molecule has 0 atom stereocenters. The SMILES string of the molecule is Cc1ccc(/C=C2\NC(=O)N(Cc3ccc(Br)cc3)C2=O)cc1. The van der Waals surface area contributed by atoms with E-state index in [0.717, 1.165) is 21.2 Å². The summed E-state index contributed by atoms with van der Waals surface area (Å²) in [5.41, 5.74) is 3.22. The fourth-order valence-electron chi connectivity index (χ4n) is 2.32. The lowest BCUT2D eigenvalue weighted by Crippen LogP contribution is -2.30. The molecule has 0 radical (unpaired) electrons. The van der Waals surface area contributed by atoms with E-state index in [4.69, 9.17) is 0 Å². The number of benzene rings is 2. The first kappa shape index (κ1) is 15.5. The minimum atomic E-state index is -0.392. The quantitative estimate of drug-likeness (QED) is 0.658. The average molecular weight is 371 g/mol. The van der Waals surface area contributed by atoms with Gasteiger partial charge in [-0.15, -0.1) is 0 Å². The average Bonchev–Trinajstić information content (AvgIpc) is 2.79. The Morgan fingerprint density at radius 3 is 2.35 bits per heavy atom. The van der Waals surface area contributed by atoms with Crippen molar-refractivity contribution in [3.05, 3.63) is 75.4 Å². The van der Waals surface area contributed by atoms with E-state index in [1.54, 1.807) is 6.08 Å². The zero-order valence-corrected chi connectivity index (χ0v) is 14.1. The van der Waals surface area contributed by atoms with Crippen LogP contribution in [0.2, 0.25) is 0 Å². The van der Waals surface area contributed by atoms with Crippen molar-refractivity contribution in [1.29, 1.82) is 0 Å². The number of hydrogen-bond donors (Lipinski definition) is 1. The van der Waals surface area contributed by atoms with Crippen LogP contribution >= 0.6 is 15.9 Å². The summed E-state index contributed by atoms with van der Waals surface area (Å²) < 4.78 is 0.957. The van der Waals surface area contributed by atoms with E-state index in [1.807, 2.05) is 55.5 Å². The summed E-state index contributed by atoms with van der Waals surface area (Å²) in [6.45, 7) is 2.25. The van der Waals surface area contributed by atoms with Gasteiger partial charge in [-0.05, 0) is 36.3 Å². The Morgan fingerprint density at radius 1 is 1.04 bits per heavy atom. The zero-order chi connectivity index (χ0) is 16.4. The molecule has 3 rings (SSSR count). The highest BCUT2D eigenvalue weighted by atomic mass is 79.9. The molecule has 3 amide bonds. The van der Waals surface area contributed by atoms with Gasteiger partial charge in [-0.3, -0.25) is 9.69 Å². The first-order chi connectivity index (χ1) is 11.0. The third kappa shape index (κ3) is 3.51. The lowest BCUT2D eigenvalue weighted by Gasteiger charge is -2.11. The monoisotopic (exact) mass is 370 g/mol. The maximum Gasteiger partial charge on any atom is 0.329 e. The van der Waals surface area contributed by atoms with Crippen molar-refractivity contribution in [2.24, 2.45) is 0 Å². The Bertz CT molecular complexity index is 780. The standard InChI is InChI=1S/C18H15BrN2O2/c1-12-2-4-13(5-3-12)10-16-17(22)21(18(23)20-16)11-14-6-8-15(19)9-7-14/h2-10H,11H2,1H3,(H,20,23)/b16-10-. The van der Waals surface area contributed by atoms with Gasteiger partial charge in [-0.2, -0.15) is 0 Å². The van der Waals surface area contributed by atoms with E-state index >= 15 is 0 Å². The van der Waals surface area contributed by atoms with Crippen LogP contribution in [-0.4, -0.2) is 16.8 Å². The molecule has 5 heteroatoms. The smallest absolute Gasteiger partial charge is 0.303 e. The van der Waals surface area contributed by atoms with Gasteiger partial charge in [0.05, 0.1) is 6.54 Å². The number of halogens is 1. The molecule has 2 aromatic rings. The van der Waals surface area contributed by atoms with Gasteiger partial charge in [0, 0.05) is 4.47 Å². The topological polar surface area (TPSA) is 49.4 Å². The third-order valence-corrected chi connectivity index (χ3v) is 4.13. The highest BCUT2D eigenvalue weighted by Gasteiger charge is 2.33. The van der Waals surface area contributed by atoms with Crippen LogP contribution in [0.4, 0.5) is 4.79 Å². The van der Waals surface area contributed by atoms with Gasteiger partial charge >= 0.3 is 6.03 Å². The predicted molar refractivity (Wildman–Crippen MR) is 92.4 cm³/mol. The largest absolute Gasteiger partial charge is 0.329 e. The molecule has 1 aliphatic rings. The molecular formula is C18H15BrN2O2. The summed E-state index contributed by atoms with van der Waals surface area (Å²) in [7, 11) is 0. The van der Waals surface area contributed by atoms with Crippen LogP contribution in [-0.2, 0) is 11.3 Å². The highest BCUT2D eigenvalue weighted by molar-refractivity contribution is 9.10. The van der Waals surface area contributed by atoms with E-state index < -0.39 is 6.03 Å². The summed E-state index contributed by atoms with van der Waals surface area (Å²) in [6.07, 6.45) is 1.70. The number of aryl methyl sites for hydroxylation is 1. The third-order valence-electron chi connectivity index (χ3n) is 3.60. The molecule has 23 heavy (non-hydrogen) atoms. The minimum Gasteiger partial charge on any atom is -0.303 e. The van der Waals surface area contributed by atoms with Crippen molar-refractivity contribution < 1.29 is 9.59 Å². The number of hydrogen-bond acceptors (Lipinski definition) is 2. The fourth-order valence-corrected chi connectivity index (χ4v) is 2.58. The zero-order valence-electron chi connectivity index (χ0n) is 12.5. The van der Waals surface area contributed by atoms with Crippen LogP contribution in [0.25, 0.3) is 6.08 Å². The minimum absolute atomic E-state index is 0.253. The van der Waals surface area contributed by atoms with Crippen molar-refractivity contribution in [2.45, 2.75) is 13.5 Å². The van der Waals surface area contributed by atoms with Crippen molar-refractivity contribution in [3.63, 3.8) is 0 Å². The molecule has 0 aromatic heterocycles. The predicted octanol–water partition coefficient (Wildman–Crippen LogP) is 3.85. The van der Waals surface area contributed by atoms with Crippen molar-refractivity contribution in [3.8, 4) is 0 Å². The Hall–Kier alpha value is -2.40. The van der Waals surface area contributed by atoms with Gasteiger partial charge in [-0.1, -0.05) is 57.9 Å². The first-order valence-electron chi connectivity index (χ1n) is 7.18. The van der Waals surface area contributed by atoms with E-state index in [0.29, 0.717) is 5.70 Å². The molecule has 1 aliphatic heterocycles. The Balaban J connectivity index is 1.79. The summed E-state index contributed by atoms with van der Waals surface area (Å²) in [6, 6.07) is 14.9. The number of imide groups is 1. The Labute approximate surface area is 142 Å². The number of amides is 3. The van der Waals surface area contributed by atoms with Crippen LogP contribution in [0.1, 0.15) is 16.7 Å². The second kappa shape index (κ2) is 6.38. The molecule has 1 heterocycles. The molecule has 2 aromatic carbocycles. The van der Waals surface area contributed by atoms with E-state index in [-0.39, 0.29) is 12.5 Å². The molecule has 116 valence electrons. The molecular weight excluding hydrogens is 356 g/mol. The molecule has 1 saturated heterocycles. The molecule has 1 N–H and O–H groups in total. The lowest BCUT2D eigenvalue weighted by atomic mass is 10.1. The first-order valence-corrected chi connectivity index (χ1v) is 7.98. The molecule has 0 bridgehead atoms. The van der Waals surface area contributed by atoms with Gasteiger partial charge in [0.15, 0.2) is 0 Å². The Kier molecular flexibility index (Phi) is 4.30. The number of nitrogens with zero attached hydrogens (tertiary/aromatic N) is 1. The van der Waals surface area contributed by atoms with Crippen LogP contribution in [0.3, 0.4) is 0 Å². The van der Waals surface area contributed by atoms with Crippen LogP contribution in [0.15, 0.2) is 58.7 Å². The van der Waals surface area contributed by atoms with E-state index in [9.17, 15) is 9.59 Å². The van der Waals surface area contributed by atoms with Crippen LogP contribution in [0.5, 0.6) is 0 Å². The molecule has 4 nitrogen and oxygen atoms in total. The number of rotatable bonds is 3. The van der Waals surface area contributed by atoms with Crippen LogP contribution in [0, 0.1) is 6.92 Å². The molecule has 0 unspecified atom stereocenters. The summed E-state index contributed by atoms with van der Waals surface area (Å²) in [5.74, 6) is -0.307. The highest BCUT2D eigenvalue weighted by Crippen LogP contribution is 2.18. The van der Waals surface area contributed by atoms with E-state index in [2.05, 4.69) is 21.2 Å². The molecule has 0 saturated carbocycles.